The van der Waals surface area contributed by atoms with Gasteiger partial charge in [0.2, 0.25) is 5.91 Å². The molecular formula is C26H24N4O4S. The third-order valence-corrected chi connectivity index (χ3v) is 6.00. The molecule has 0 saturated carbocycles. The molecule has 0 aliphatic heterocycles. The van der Waals surface area contributed by atoms with E-state index in [0.29, 0.717) is 27.9 Å². The Morgan fingerprint density at radius 1 is 0.943 bits per heavy atom. The third kappa shape index (κ3) is 6.01. The van der Waals surface area contributed by atoms with Crippen LogP contribution in [-0.4, -0.2) is 41.3 Å². The molecule has 0 fully saturated rings. The number of carbonyl (C=O) groups excluding carboxylic acids is 2. The van der Waals surface area contributed by atoms with Gasteiger partial charge in [-0.1, -0.05) is 36.0 Å². The van der Waals surface area contributed by atoms with Crippen LogP contribution in [0.1, 0.15) is 10.4 Å². The molecule has 0 unspecified atom stereocenters. The van der Waals surface area contributed by atoms with Crippen LogP contribution >= 0.6 is 11.8 Å². The maximum Gasteiger partial charge on any atom is 0.255 e. The summed E-state index contributed by atoms with van der Waals surface area (Å²) < 4.78 is 12.4. The maximum atomic E-state index is 12.7. The summed E-state index contributed by atoms with van der Waals surface area (Å²) in [6, 6.07) is 21.7. The number of methoxy groups -OCH3 is 2. The smallest absolute Gasteiger partial charge is 0.255 e. The standard InChI is InChI=1S/C26H24N4O4S/c1-33-21-11-12-23(34-2)22(16-21)29-24(31)17-35-26-27-13-14-30(26)20-10-6-7-18(15-20)25(32)28-19-8-4-3-5-9-19/h3-16H,17H2,1-2H3,(H,28,32)(H,29,31). The van der Waals surface area contributed by atoms with Gasteiger partial charge in [0.15, 0.2) is 5.16 Å². The number of benzene rings is 3. The highest BCUT2D eigenvalue weighted by atomic mass is 32.2. The number of aromatic nitrogens is 2. The summed E-state index contributed by atoms with van der Waals surface area (Å²) in [6.07, 6.45) is 3.45. The molecule has 4 rings (SSSR count). The molecule has 0 atom stereocenters. The summed E-state index contributed by atoms with van der Waals surface area (Å²) in [5.74, 6) is 0.855. The molecule has 35 heavy (non-hydrogen) atoms. The van der Waals surface area contributed by atoms with Crippen molar-refractivity contribution in [3.63, 3.8) is 0 Å². The highest BCUT2D eigenvalue weighted by Crippen LogP contribution is 2.29. The van der Waals surface area contributed by atoms with Crippen LogP contribution in [-0.2, 0) is 4.79 Å². The van der Waals surface area contributed by atoms with E-state index >= 15 is 0 Å². The van der Waals surface area contributed by atoms with Crippen LogP contribution in [0.25, 0.3) is 5.69 Å². The first kappa shape index (κ1) is 23.9. The zero-order valence-electron chi connectivity index (χ0n) is 19.2. The van der Waals surface area contributed by atoms with Gasteiger partial charge >= 0.3 is 0 Å². The first-order valence-corrected chi connectivity index (χ1v) is 11.7. The Morgan fingerprint density at radius 3 is 2.54 bits per heavy atom. The normalized spacial score (nSPS) is 10.5. The number of imidazole rings is 1. The minimum absolute atomic E-state index is 0.131. The van der Waals surface area contributed by atoms with Gasteiger partial charge in [0, 0.05) is 35.4 Å². The molecule has 178 valence electrons. The van der Waals surface area contributed by atoms with Gasteiger partial charge in [0.1, 0.15) is 11.5 Å². The van der Waals surface area contributed by atoms with Crippen LogP contribution in [0.2, 0.25) is 0 Å². The summed E-state index contributed by atoms with van der Waals surface area (Å²) in [5.41, 5.74) is 2.53. The summed E-state index contributed by atoms with van der Waals surface area (Å²) >= 11 is 1.28. The Labute approximate surface area is 207 Å². The Kier molecular flexibility index (Phi) is 7.69. The van der Waals surface area contributed by atoms with Crippen LogP contribution in [0.3, 0.4) is 0 Å². The van der Waals surface area contributed by atoms with Crippen molar-refractivity contribution >= 4 is 35.0 Å². The van der Waals surface area contributed by atoms with Crippen molar-refractivity contribution < 1.29 is 19.1 Å². The summed E-state index contributed by atoms with van der Waals surface area (Å²) in [7, 11) is 3.10. The average Bonchev–Trinajstić information content (AvgIpc) is 3.37. The van der Waals surface area contributed by atoms with E-state index < -0.39 is 0 Å². The van der Waals surface area contributed by atoms with Crippen LogP contribution in [0.5, 0.6) is 11.5 Å². The van der Waals surface area contributed by atoms with E-state index in [-0.39, 0.29) is 17.6 Å². The van der Waals surface area contributed by atoms with Crippen molar-refractivity contribution in [2.45, 2.75) is 5.16 Å². The summed E-state index contributed by atoms with van der Waals surface area (Å²) in [6.45, 7) is 0. The fourth-order valence-electron chi connectivity index (χ4n) is 3.34. The molecule has 3 aromatic carbocycles. The summed E-state index contributed by atoms with van der Waals surface area (Å²) in [4.78, 5) is 29.7. The lowest BCUT2D eigenvalue weighted by molar-refractivity contribution is -0.113. The van der Waals surface area contributed by atoms with E-state index in [4.69, 9.17) is 9.47 Å². The Balaban J connectivity index is 1.43. The van der Waals surface area contributed by atoms with Gasteiger partial charge in [-0.15, -0.1) is 0 Å². The van der Waals surface area contributed by atoms with Gasteiger partial charge in [-0.25, -0.2) is 4.98 Å². The Bertz CT molecular complexity index is 1320. The van der Waals surface area contributed by atoms with Gasteiger partial charge < -0.3 is 20.1 Å². The first-order valence-electron chi connectivity index (χ1n) is 10.7. The quantitative estimate of drug-likeness (QED) is 0.327. The number of anilines is 2. The average molecular weight is 489 g/mol. The van der Waals surface area contributed by atoms with Gasteiger partial charge in [-0.2, -0.15) is 0 Å². The molecule has 0 bridgehead atoms. The molecule has 0 aliphatic carbocycles. The first-order chi connectivity index (χ1) is 17.1. The molecular weight excluding hydrogens is 464 g/mol. The van der Waals surface area contributed by atoms with Gasteiger partial charge in [0.05, 0.1) is 25.7 Å². The van der Waals surface area contributed by atoms with Crippen LogP contribution < -0.4 is 20.1 Å². The maximum absolute atomic E-state index is 12.7. The molecule has 0 radical (unpaired) electrons. The van der Waals surface area contributed by atoms with E-state index in [1.807, 2.05) is 47.0 Å². The van der Waals surface area contributed by atoms with Crippen molar-refractivity contribution in [3.8, 4) is 17.2 Å². The van der Waals surface area contributed by atoms with Crippen molar-refractivity contribution in [2.75, 3.05) is 30.6 Å². The fraction of sp³-hybridized carbons (Fsp3) is 0.115. The predicted octanol–water partition coefficient (Wildman–Crippen LogP) is 4.87. The van der Waals surface area contributed by atoms with Gasteiger partial charge in [-0.05, 0) is 42.5 Å². The minimum Gasteiger partial charge on any atom is -0.497 e. The molecule has 4 aromatic rings. The van der Waals surface area contributed by atoms with Crippen molar-refractivity contribution in [3.05, 3.63) is 90.8 Å². The van der Waals surface area contributed by atoms with Crippen LogP contribution in [0.15, 0.2) is 90.3 Å². The highest BCUT2D eigenvalue weighted by Gasteiger charge is 2.14. The highest BCUT2D eigenvalue weighted by molar-refractivity contribution is 7.99. The number of thioether (sulfide) groups is 1. The molecule has 2 amide bonds. The molecule has 8 nitrogen and oxygen atoms in total. The second-order valence-electron chi connectivity index (χ2n) is 7.35. The number of hydrogen-bond acceptors (Lipinski definition) is 6. The van der Waals surface area contributed by atoms with Crippen molar-refractivity contribution in [1.29, 1.82) is 0 Å². The number of para-hydroxylation sites is 1. The molecule has 9 heteroatoms. The van der Waals surface area contributed by atoms with E-state index in [1.165, 1.54) is 18.9 Å². The lowest BCUT2D eigenvalue weighted by atomic mass is 10.2. The zero-order chi connectivity index (χ0) is 24.6. The van der Waals surface area contributed by atoms with E-state index in [1.54, 1.807) is 49.8 Å². The topological polar surface area (TPSA) is 94.5 Å². The molecule has 1 heterocycles. The molecule has 0 saturated heterocycles. The van der Waals surface area contributed by atoms with Gasteiger partial charge in [0.25, 0.3) is 5.91 Å². The largest absolute Gasteiger partial charge is 0.497 e. The SMILES string of the molecule is COc1ccc(OC)c(NC(=O)CSc2nccn2-c2cccc(C(=O)Nc3ccccc3)c2)c1. The fourth-order valence-corrected chi connectivity index (χ4v) is 4.12. The number of carbonyl (C=O) groups is 2. The van der Waals surface area contributed by atoms with E-state index in [2.05, 4.69) is 15.6 Å². The van der Waals surface area contributed by atoms with Crippen molar-refractivity contribution in [2.24, 2.45) is 0 Å². The predicted molar refractivity (Wildman–Crippen MR) is 137 cm³/mol. The van der Waals surface area contributed by atoms with Crippen LogP contribution in [0, 0.1) is 0 Å². The minimum atomic E-state index is -0.216. The number of ether oxygens (including phenoxy) is 2. The number of rotatable bonds is 9. The van der Waals surface area contributed by atoms with E-state index in [9.17, 15) is 9.59 Å². The summed E-state index contributed by atoms with van der Waals surface area (Å²) in [5, 5.41) is 6.36. The second kappa shape index (κ2) is 11.3. The number of amides is 2. The molecule has 0 spiro atoms. The molecule has 0 aliphatic rings. The number of nitrogens with one attached hydrogen (secondary N) is 2. The molecule has 1 aromatic heterocycles. The number of hydrogen-bond donors (Lipinski definition) is 2. The lowest BCUT2D eigenvalue weighted by Crippen LogP contribution is -2.15. The van der Waals surface area contributed by atoms with E-state index in [0.717, 1.165) is 11.4 Å². The number of nitrogens with zero attached hydrogens (tertiary/aromatic N) is 2. The van der Waals surface area contributed by atoms with Gasteiger partial charge in [-0.3, -0.25) is 14.2 Å². The Morgan fingerprint density at radius 2 is 1.77 bits per heavy atom. The Hall–Kier alpha value is -4.24. The van der Waals surface area contributed by atoms with Crippen molar-refractivity contribution in [1.82, 2.24) is 9.55 Å². The molecule has 2 N–H and O–H groups in total. The second-order valence-corrected chi connectivity index (χ2v) is 8.30. The monoisotopic (exact) mass is 488 g/mol. The van der Waals surface area contributed by atoms with Crippen LogP contribution in [0.4, 0.5) is 11.4 Å². The zero-order valence-corrected chi connectivity index (χ0v) is 20.0. The lowest BCUT2D eigenvalue weighted by Gasteiger charge is -2.12. The third-order valence-electron chi connectivity index (χ3n) is 5.04.